The van der Waals surface area contributed by atoms with Gasteiger partial charge in [-0.15, -0.1) is 0 Å². The van der Waals surface area contributed by atoms with Crippen molar-refractivity contribution in [2.24, 2.45) is 17.3 Å². The van der Waals surface area contributed by atoms with Crippen molar-refractivity contribution in [1.82, 2.24) is 5.32 Å². The van der Waals surface area contributed by atoms with E-state index in [4.69, 9.17) is 23.2 Å². The van der Waals surface area contributed by atoms with Crippen LogP contribution in [0.1, 0.15) is 49.5 Å². The maximum atomic E-state index is 12.6. The van der Waals surface area contributed by atoms with E-state index in [1.54, 1.807) is 49.4 Å². The lowest BCUT2D eigenvalue weighted by Crippen LogP contribution is -2.51. The van der Waals surface area contributed by atoms with Crippen LogP contribution in [0.3, 0.4) is 0 Å². The lowest BCUT2D eigenvalue weighted by Gasteiger charge is -2.51. The monoisotopic (exact) mass is 518 g/mol. The van der Waals surface area contributed by atoms with Gasteiger partial charge >= 0.3 is 5.97 Å². The van der Waals surface area contributed by atoms with Gasteiger partial charge in [-0.1, -0.05) is 55.2 Å². The number of rotatable bonds is 9. The molecule has 1 aliphatic carbocycles. The molecule has 0 spiro atoms. The zero-order chi connectivity index (χ0) is 25.9. The Kier molecular flexibility index (Phi) is 8.23. The van der Waals surface area contributed by atoms with Gasteiger partial charge in [0.05, 0.1) is 15.6 Å². The maximum Gasteiger partial charge on any atom is 0.326 e. The van der Waals surface area contributed by atoms with E-state index in [-0.39, 0.29) is 57.4 Å². The third-order valence-electron chi connectivity index (χ3n) is 6.87. The van der Waals surface area contributed by atoms with E-state index in [9.17, 15) is 24.3 Å². The van der Waals surface area contributed by atoms with E-state index in [1.807, 2.05) is 13.8 Å². The zero-order valence-corrected chi connectivity index (χ0v) is 21.2. The number of hydrogen-bond acceptors (Lipinski definition) is 4. The molecule has 1 fully saturated rings. The van der Waals surface area contributed by atoms with Crippen molar-refractivity contribution >= 4 is 52.5 Å². The molecule has 2 amide bonds. The van der Waals surface area contributed by atoms with Gasteiger partial charge in [-0.2, -0.15) is 0 Å². The SMILES string of the molecule is CC(=O)[C@@H]1C[C@H](CC(=O)NC(Cc2ccc(NC(=O)c3c(Cl)cccc3Cl)cc2)C(=O)O)C1(C)C. The fourth-order valence-electron chi connectivity index (χ4n) is 4.60. The summed E-state index contributed by atoms with van der Waals surface area (Å²) in [6.45, 7) is 5.50. The molecule has 0 bridgehead atoms. The number of carboxylic acid groups (broad SMARTS) is 1. The normalized spacial score (nSPS) is 19.2. The molecule has 0 saturated heterocycles. The van der Waals surface area contributed by atoms with E-state index >= 15 is 0 Å². The van der Waals surface area contributed by atoms with Gasteiger partial charge in [-0.25, -0.2) is 4.79 Å². The van der Waals surface area contributed by atoms with Crippen LogP contribution in [0.15, 0.2) is 42.5 Å². The minimum atomic E-state index is -1.14. The molecule has 0 heterocycles. The van der Waals surface area contributed by atoms with Crippen LogP contribution in [-0.4, -0.2) is 34.7 Å². The minimum absolute atomic E-state index is 0.0281. The standard InChI is InChI=1S/C26H28Cl2N2O5/c1-14(31)18-12-16(26(18,2)3)13-22(32)30-21(25(34)35)11-15-7-9-17(10-8-15)29-24(33)23-19(27)5-4-6-20(23)28/h4-10,16,18,21H,11-13H2,1-3H3,(H,29,33)(H,30,32)(H,34,35)/t16-,18+,21?/m1/s1. The molecule has 0 aliphatic heterocycles. The Bertz CT molecular complexity index is 1130. The van der Waals surface area contributed by atoms with E-state index in [2.05, 4.69) is 10.6 Å². The smallest absolute Gasteiger partial charge is 0.326 e. The number of ketones is 1. The van der Waals surface area contributed by atoms with Gasteiger partial charge in [0.25, 0.3) is 5.91 Å². The average molecular weight is 519 g/mol. The van der Waals surface area contributed by atoms with E-state index in [0.717, 1.165) is 0 Å². The lowest BCUT2D eigenvalue weighted by molar-refractivity contribution is -0.144. The average Bonchev–Trinajstić information content (AvgIpc) is 2.76. The molecule has 0 radical (unpaired) electrons. The highest BCUT2D eigenvalue weighted by Gasteiger charge is 2.50. The Morgan fingerprint density at radius 1 is 1.06 bits per heavy atom. The summed E-state index contributed by atoms with van der Waals surface area (Å²) in [6, 6.07) is 10.3. The Morgan fingerprint density at radius 2 is 1.66 bits per heavy atom. The molecule has 2 aromatic carbocycles. The predicted molar refractivity (Wildman–Crippen MR) is 135 cm³/mol. The molecular formula is C26H28Cl2N2O5. The number of halogens is 2. The molecule has 2 aromatic rings. The second-order valence-corrected chi connectivity index (χ2v) is 10.3. The molecule has 1 aliphatic rings. The molecule has 9 heteroatoms. The zero-order valence-electron chi connectivity index (χ0n) is 19.7. The number of benzene rings is 2. The molecule has 3 N–H and O–H groups in total. The van der Waals surface area contributed by atoms with Crippen LogP contribution in [0, 0.1) is 17.3 Å². The fourth-order valence-corrected chi connectivity index (χ4v) is 5.17. The summed E-state index contributed by atoms with van der Waals surface area (Å²) in [5.41, 5.74) is 1.04. The first-order valence-corrected chi connectivity index (χ1v) is 12.0. The molecule has 0 aromatic heterocycles. The summed E-state index contributed by atoms with van der Waals surface area (Å²) in [4.78, 5) is 48.6. The van der Waals surface area contributed by atoms with E-state index in [0.29, 0.717) is 17.7 Å². The van der Waals surface area contributed by atoms with Crippen molar-refractivity contribution in [3.63, 3.8) is 0 Å². The van der Waals surface area contributed by atoms with Crippen molar-refractivity contribution in [3.8, 4) is 0 Å². The Morgan fingerprint density at radius 3 is 2.17 bits per heavy atom. The number of carbonyl (C=O) groups is 4. The van der Waals surface area contributed by atoms with Crippen LogP contribution in [0.4, 0.5) is 5.69 Å². The number of amides is 2. The summed E-state index contributed by atoms with van der Waals surface area (Å²) in [6.07, 6.45) is 0.895. The van der Waals surface area contributed by atoms with Crippen molar-refractivity contribution in [3.05, 3.63) is 63.6 Å². The molecule has 7 nitrogen and oxygen atoms in total. The third-order valence-corrected chi connectivity index (χ3v) is 7.50. The van der Waals surface area contributed by atoms with Gasteiger partial charge in [0.1, 0.15) is 11.8 Å². The highest BCUT2D eigenvalue weighted by molar-refractivity contribution is 6.40. The lowest BCUT2D eigenvalue weighted by atomic mass is 9.52. The van der Waals surface area contributed by atoms with Crippen LogP contribution >= 0.6 is 23.2 Å². The second kappa shape index (κ2) is 10.8. The Balaban J connectivity index is 1.58. The van der Waals surface area contributed by atoms with Crippen LogP contribution in [0.25, 0.3) is 0 Å². The molecule has 35 heavy (non-hydrogen) atoms. The molecule has 1 unspecified atom stereocenters. The first-order valence-electron chi connectivity index (χ1n) is 11.3. The number of aliphatic carboxylic acids is 1. The maximum absolute atomic E-state index is 12.6. The summed E-state index contributed by atoms with van der Waals surface area (Å²) < 4.78 is 0. The van der Waals surface area contributed by atoms with Gasteiger partial charge < -0.3 is 15.7 Å². The van der Waals surface area contributed by atoms with Gasteiger partial charge in [-0.05, 0) is 54.5 Å². The number of anilines is 1. The van der Waals surface area contributed by atoms with Crippen LogP contribution in [-0.2, 0) is 20.8 Å². The van der Waals surface area contributed by atoms with Crippen molar-refractivity contribution < 1.29 is 24.3 Å². The van der Waals surface area contributed by atoms with Crippen LogP contribution < -0.4 is 10.6 Å². The Labute approximate surface area is 214 Å². The summed E-state index contributed by atoms with van der Waals surface area (Å²) in [7, 11) is 0. The van der Waals surface area contributed by atoms with Crippen molar-refractivity contribution in [2.45, 2.75) is 46.1 Å². The number of carboxylic acids is 1. The first kappa shape index (κ1) is 26.7. The van der Waals surface area contributed by atoms with Crippen LogP contribution in [0.2, 0.25) is 10.0 Å². The largest absolute Gasteiger partial charge is 0.480 e. The van der Waals surface area contributed by atoms with Crippen LogP contribution in [0.5, 0.6) is 0 Å². The van der Waals surface area contributed by atoms with Crippen molar-refractivity contribution in [2.75, 3.05) is 5.32 Å². The number of nitrogens with one attached hydrogen (secondary N) is 2. The van der Waals surface area contributed by atoms with Gasteiger partial charge in [0.2, 0.25) is 5.91 Å². The molecular weight excluding hydrogens is 491 g/mol. The summed E-state index contributed by atoms with van der Waals surface area (Å²) in [5.74, 6) is -1.87. The van der Waals surface area contributed by atoms with Gasteiger partial charge in [-0.3, -0.25) is 14.4 Å². The Hall–Kier alpha value is -2.90. The molecule has 3 rings (SSSR count). The minimum Gasteiger partial charge on any atom is -0.480 e. The third kappa shape index (κ3) is 6.21. The molecule has 3 atom stereocenters. The quantitative estimate of drug-likeness (QED) is 0.432. The number of carbonyl (C=O) groups excluding carboxylic acids is 3. The first-order chi connectivity index (χ1) is 16.4. The second-order valence-electron chi connectivity index (χ2n) is 9.53. The van der Waals surface area contributed by atoms with Gasteiger partial charge in [0, 0.05) is 24.4 Å². The molecule has 186 valence electrons. The molecule has 1 saturated carbocycles. The van der Waals surface area contributed by atoms with E-state index in [1.165, 1.54) is 0 Å². The fraction of sp³-hybridized carbons (Fsp3) is 0.385. The summed E-state index contributed by atoms with van der Waals surface area (Å²) >= 11 is 12.1. The predicted octanol–water partition coefficient (Wildman–Crippen LogP) is 5.00. The van der Waals surface area contributed by atoms with Crippen molar-refractivity contribution in [1.29, 1.82) is 0 Å². The summed E-state index contributed by atoms with van der Waals surface area (Å²) in [5, 5.41) is 15.4. The topological polar surface area (TPSA) is 113 Å². The number of hydrogen-bond donors (Lipinski definition) is 3. The highest BCUT2D eigenvalue weighted by atomic mass is 35.5. The number of Topliss-reactive ketones (excluding diaryl/α,β-unsaturated/α-hetero) is 1. The van der Waals surface area contributed by atoms with E-state index < -0.39 is 17.9 Å². The highest BCUT2D eigenvalue weighted by Crippen LogP contribution is 2.53. The van der Waals surface area contributed by atoms with Gasteiger partial charge in [0.15, 0.2) is 0 Å².